The fraction of sp³-hybridized carbons (Fsp3) is 0.333. The second kappa shape index (κ2) is 7.23. The van der Waals surface area contributed by atoms with Crippen LogP contribution in [0.4, 0.5) is 10.1 Å². The molecule has 0 aliphatic rings. The third-order valence-electron chi connectivity index (χ3n) is 3.72. The van der Waals surface area contributed by atoms with Crippen LogP contribution in [0.15, 0.2) is 48.5 Å². The molecule has 1 N–H and O–H groups in total. The molecule has 0 heterocycles. The quantitative estimate of drug-likeness (QED) is 0.866. The summed E-state index contributed by atoms with van der Waals surface area (Å²) in [6, 6.07) is 15.4. The number of hydrogen-bond donors (Lipinski definition) is 1. The lowest BCUT2D eigenvalue weighted by molar-refractivity contribution is 0.547. The SMILES string of the molecule is CCNC(CN(C)c1cccc(F)c1)c1ccccc1C. The maximum absolute atomic E-state index is 13.4. The predicted molar refractivity (Wildman–Crippen MR) is 87.3 cm³/mol. The predicted octanol–water partition coefficient (Wildman–Crippen LogP) is 3.92. The van der Waals surface area contributed by atoms with Crippen molar-refractivity contribution in [1.29, 1.82) is 0 Å². The first-order chi connectivity index (χ1) is 10.1. The average molecular weight is 286 g/mol. The Morgan fingerprint density at radius 1 is 1.14 bits per heavy atom. The van der Waals surface area contributed by atoms with Crippen LogP contribution in [-0.2, 0) is 0 Å². The van der Waals surface area contributed by atoms with E-state index in [1.807, 2.05) is 13.1 Å². The highest BCUT2D eigenvalue weighted by molar-refractivity contribution is 5.46. The summed E-state index contributed by atoms with van der Waals surface area (Å²) in [5, 5.41) is 3.52. The molecule has 0 spiro atoms. The molecule has 0 fully saturated rings. The lowest BCUT2D eigenvalue weighted by Crippen LogP contribution is -2.33. The second-order valence-corrected chi connectivity index (χ2v) is 5.33. The summed E-state index contributed by atoms with van der Waals surface area (Å²) < 4.78 is 13.4. The van der Waals surface area contributed by atoms with E-state index < -0.39 is 0 Å². The van der Waals surface area contributed by atoms with E-state index in [9.17, 15) is 4.39 Å². The Kier molecular flexibility index (Phi) is 5.34. The Balaban J connectivity index is 2.18. The number of nitrogens with one attached hydrogen (secondary N) is 1. The summed E-state index contributed by atoms with van der Waals surface area (Å²) in [6.07, 6.45) is 0. The first-order valence-electron chi connectivity index (χ1n) is 7.37. The first-order valence-corrected chi connectivity index (χ1v) is 7.37. The first kappa shape index (κ1) is 15.5. The molecule has 0 aromatic heterocycles. The molecule has 21 heavy (non-hydrogen) atoms. The zero-order chi connectivity index (χ0) is 15.2. The molecule has 2 aromatic rings. The summed E-state index contributed by atoms with van der Waals surface area (Å²) in [6.45, 7) is 5.92. The molecule has 1 unspecified atom stereocenters. The fourth-order valence-corrected chi connectivity index (χ4v) is 2.59. The highest BCUT2D eigenvalue weighted by Crippen LogP contribution is 2.21. The van der Waals surface area contributed by atoms with Gasteiger partial charge in [0.05, 0.1) is 6.04 Å². The van der Waals surface area contributed by atoms with E-state index in [0.29, 0.717) is 0 Å². The number of rotatable bonds is 6. The molecule has 1 atom stereocenters. The number of likely N-dealkylation sites (N-methyl/N-ethyl adjacent to an activating group) is 2. The van der Waals surface area contributed by atoms with Crippen LogP contribution in [-0.4, -0.2) is 20.1 Å². The third-order valence-corrected chi connectivity index (χ3v) is 3.72. The molecular weight excluding hydrogens is 263 g/mol. The van der Waals surface area contributed by atoms with Gasteiger partial charge in [-0.25, -0.2) is 4.39 Å². The molecule has 0 bridgehead atoms. The number of aryl methyl sites for hydroxylation is 1. The highest BCUT2D eigenvalue weighted by atomic mass is 19.1. The van der Waals surface area contributed by atoms with Crippen molar-refractivity contribution in [2.75, 3.05) is 25.0 Å². The standard InChI is InChI=1S/C18H23FN2/c1-4-20-18(17-11-6-5-8-14(17)2)13-21(3)16-10-7-9-15(19)12-16/h5-12,18,20H,4,13H2,1-3H3. The Morgan fingerprint density at radius 3 is 2.57 bits per heavy atom. The van der Waals surface area contributed by atoms with Crippen molar-refractivity contribution in [3.05, 3.63) is 65.5 Å². The molecule has 0 aliphatic heterocycles. The summed E-state index contributed by atoms with van der Waals surface area (Å²) in [7, 11) is 2.00. The van der Waals surface area contributed by atoms with Gasteiger partial charge in [0.25, 0.3) is 0 Å². The summed E-state index contributed by atoms with van der Waals surface area (Å²) in [4.78, 5) is 2.09. The second-order valence-electron chi connectivity index (χ2n) is 5.33. The maximum Gasteiger partial charge on any atom is 0.125 e. The molecule has 2 nitrogen and oxygen atoms in total. The van der Waals surface area contributed by atoms with Gasteiger partial charge in [-0.05, 0) is 42.8 Å². The van der Waals surface area contributed by atoms with Crippen LogP contribution in [0, 0.1) is 12.7 Å². The largest absolute Gasteiger partial charge is 0.373 e. The van der Waals surface area contributed by atoms with E-state index in [0.717, 1.165) is 18.8 Å². The van der Waals surface area contributed by atoms with Gasteiger partial charge in [0.15, 0.2) is 0 Å². The number of benzene rings is 2. The number of hydrogen-bond acceptors (Lipinski definition) is 2. The molecule has 0 amide bonds. The van der Waals surface area contributed by atoms with Gasteiger partial charge in [-0.2, -0.15) is 0 Å². The lowest BCUT2D eigenvalue weighted by Gasteiger charge is -2.27. The van der Waals surface area contributed by atoms with Crippen LogP contribution in [0.1, 0.15) is 24.1 Å². The van der Waals surface area contributed by atoms with Crippen LogP contribution in [0.2, 0.25) is 0 Å². The van der Waals surface area contributed by atoms with Gasteiger partial charge in [-0.3, -0.25) is 0 Å². The van der Waals surface area contributed by atoms with E-state index in [-0.39, 0.29) is 11.9 Å². The minimum Gasteiger partial charge on any atom is -0.373 e. The van der Waals surface area contributed by atoms with E-state index in [1.165, 1.54) is 17.2 Å². The average Bonchev–Trinajstić information content (AvgIpc) is 2.47. The number of halogens is 1. The van der Waals surface area contributed by atoms with Gasteiger partial charge in [0.2, 0.25) is 0 Å². The van der Waals surface area contributed by atoms with Crippen LogP contribution < -0.4 is 10.2 Å². The molecule has 2 rings (SSSR count). The van der Waals surface area contributed by atoms with Crippen molar-refractivity contribution >= 4 is 5.69 Å². The van der Waals surface area contributed by atoms with E-state index in [4.69, 9.17) is 0 Å². The van der Waals surface area contributed by atoms with E-state index in [2.05, 4.69) is 48.3 Å². The topological polar surface area (TPSA) is 15.3 Å². The summed E-state index contributed by atoms with van der Waals surface area (Å²) >= 11 is 0. The van der Waals surface area contributed by atoms with Gasteiger partial charge < -0.3 is 10.2 Å². The number of anilines is 1. The highest BCUT2D eigenvalue weighted by Gasteiger charge is 2.15. The Labute approximate surface area is 126 Å². The van der Waals surface area contributed by atoms with Crippen LogP contribution in [0.3, 0.4) is 0 Å². The van der Waals surface area contributed by atoms with Gasteiger partial charge in [-0.15, -0.1) is 0 Å². The van der Waals surface area contributed by atoms with Crippen molar-refractivity contribution in [2.45, 2.75) is 19.9 Å². The molecule has 112 valence electrons. The van der Waals surface area contributed by atoms with E-state index >= 15 is 0 Å². The van der Waals surface area contributed by atoms with Gasteiger partial charge in [-0.1, -0.05) is 37.3 Å². The van der Waals surface area contributed by atoms with Crippen LogP contribution in [0.5, 0.6) is 0 Å². The molecule has 0 saturated heterocycles. The molecule has 2 aromatic carbocycles. The zero-order valence-electron chi connectivity index (χ0n) is 12.9. The Morgan fingerprint density at radius 2 is 1.90 bits per heavy atom. The van der Waals surface area contributed by atoms with Crippen LogP contribution >= 0.6 is 0 Å². The smallest absolute Gasteiger partial charge is 0.125 e. The Bertz CT molecular complexity index is 583. The molecular formula is C18H23FN2. The zero-order valence-corrected chi connectivity index (χ0v) is 12.9. The van der Waals surface area contributed by atoms with Crippen molar-refractivity contribution in [3.8, 4) is 0 Å². The summed E-state index contributed by atoms with van der Waals surface area (Å²) in [5.41, 5.74) is 3.46. The monoisotopic (exact) mass is 286 g/mol. The minimum atomic E-state index is -0.199. The number of nitrogens with zero attached hydrogens (tertiary/aromatic N) is 1. The molecule has 0 saturated carbocycles. The van der Waals surface area contributed by atoms with Gasteiger partial charge >= 0.3 is 0 Å². The summed E-state index contributed by atoms with van der Waals surface area (Å²) in [5.74, 6) is -0.199. The van der Waals surface area contributed by atoms with Gasteiger partial charge in [0, 0.05) is 19.3 Å². The van der Waals surface area contributed by atoms with E-state index in [1.54, 1.807) is 12.1 Å². The van der Waals surface area contributed by atoms with Crippen molar-refractivity contribution in [3.63, 3.8) is 0 Å². The molecule has 0 aliphatic carbocycles. The molecule has 0 radical (unpaired) electrons. The van der Waals surface area contributed by atoms with Crippen molar-refractivity contribution < 1.29 is 4.39 Å². The molecule has 3 heteroatoms. The minimum absolute atomic E-state index is 0.199. The Hall–Kier alpha value is -1.87. The fourth-order valence-electron chi connectivity index (χ4n) is 2.59. The van der Waals surface area contributed by atoms with Crippen LogP contribution in [0.25, 0.3) is 0 Å². The van der Waals surface area contributed by atoms with Gasteiger partial charge in [0.1, 0.15) is 5.82 Å². The van der Waals surface area contributed by atoms with Crippen molar-refractivity contribution in [1.82, 2.24) is 5.32 Å². The maximum atomic E-state index is 13.4. The lowest BCUT2D eigenvalue weighted by atomic mass is 10.0. The normalized spacial score (nSPS) is 12.2. The third kappa shape index (κ3) is 4.05. The van der Waals surface area contributed by atoms with Crippen molar-refractivity contribution in [2.24, 2.45) is 0 Å².